The highest BCUT2D eigenvalue weighted by Crippen LogP contribution is 2.40. The van der Waals surface area contributed by atoms with E-state index in [1.54, 1.807) is 12.4 Å². The molecule has 1 saturated carbocycles. The zero-order chi connectivity index (χ0) is 27.0. The molecule has 1 aromatic carbocycles. The Morgan fingerprint density at radius 3 is 2.61 bits per heavy atom. The zero-order valence-electron chi connectivity index (χ0n) is 21.0. The van der Waals surface area contributed by atoms with Crippen molar-refractivity contribution in [1.82, 2.24) is 9.97 Å². The van der Waals surface area contributed by atoms with Gasteiger partial charge in [-0.25, -0.2) is 13.8 Å². The molecular weight excluding hydrogens is 512 g/mol. The normalized spacial score (nSPS) is 23.2. The number of hydrogen-bond acceptors (Lipinski definition) is 8. The number of carbonyl (C=O) groups is 1. The van der Waals surface area contributed by atoms with Gasteiger partial charge in [-0.05, 0) is 60.4 Å². The van der Waals surface area contributed by atoms with Gasteiger partial charge in [-0.3, -0.25) is 9.78 Å². The van der Waals surface area contributed by atoms with E-state index in [-0.39, 0.29) is 46.1 Å². The van der Waals surface area contributed by atoms with Gasteiger partial charge in [0.05, 0.1) is 23.0 Å². The summed E-state index contributed by atoms with van der Waals surface area (Å²) in [6.45, 7) is 2.76. The van der Waals surface area contributed by atoms with Gasteiger partial charge in [-0.15, -0.1) is 0 Å². The molecule has 1 amide bonds. The average molecular weight is 544 g/mol. The smallest absolute Gasteiger partial charge is 0.277 e. The number of anilines is 2. The first-order chi connectivity index (χ1) is 18.1. The number of ether oxygens (including phenoxy) is 1. The van der Waals surface area contributed by atoms with Crippen LogP contribution in [0.1, 0.15) is 66.6 Å². The Morgan fingerprint density at radius 2 is 1.92 bits per heavy atom. The van der Waals surface area contributed by atoms with Gasteiger partial charge in [0, 0.05) is 38.3 Å². The number of rotatable bonds is 5. The Labute approximate surface area is 223 Å². The van der Waals surface area contributed by atoms with Gasteiger partial charge >= 0.3 is 0 Å². The second-order valence-corrected chi connectivity index (χ2v) is 11.4. The molecule has 2 fully saturated rings. The van der Waals surface area contributed by atoms with Gasteiger partial charge in [0.2, 0.25) is 0 Å². The number of pyridine rings is 1. The molecular formula is C27H31F2N5O3S. The predicted molar refractivity (Wildman–Crippen MR) is 142 cm³/mol. The SMILES string of the molecule is C[C@@H]1C[C@H](N)C[C@H](c2ccncc2NC(=O)c2nc(-c3c(F)cc(C4(O)CCOCC4)cc3F)sc2N)C1. The first-order valence-electron chi connectivity index (χ1n) is 12.7. The van der Waals surface area contributed by atoms with Crippen LogP contribution in [-0.4, -0.2) is 40.2 Å². The molecule has 3 atom stereocenters. The van der Waals surface area contributed by atoms with E-state index in [0.29, 0.717) is 24.8 Å². The van der Waals surface area contributed by atoms with Gasteiger partial charge in [0.25, 0.3) is 5.91 Å². The third kappa shape index (κ3) is 5.28. The van der Waals surface area contributed by atoms with Crippen LogP contribution in [-0.2, 0) is 10.3 Å². The summed E-state index contributed by atoms with van der Waals surface area (Å²) in [5.74, 6) is -1.75. The summed E-state index contributed by atoms with van der Waals surface area (Å²) in [4.78, 5) is 21.5. The van der Waals surface area contributed by atoms with Gasteiger partial charge in [0.1, 0.15) is 21.6 Å². The van der Waals surface area contributed by atoms with Crippen LogP contribution in [0.3, 0.4) is 0 Å². The fourth-order valence-corrected chi connectivity index (χ4v) is 6.48. The van der Waals surface area contributed by atoms with E-state index in [1.807, 2.05) is 6.07 Å². The summed E-state index contributed by atoms with van der Waals surface area (Å²) in [5, 5.41) is 13.7. The number of nitrogens with zero attached hydrogens (tertiary/aromatic N) is 2. The predicted octanol–water partition coefficient (Wildman–Crippen LogP) is 4.55. The van der Waals surface area contributed by atoms with Crippen molar-refractivity contribution in [2.75, 3.05) is 24.3 Å². The molecule has 0 bridgehead atoms. The lowest BCUT2D eigenvalue weighted by Crippen LogP contribution is -2.33. The topological polar surface area (TPSA) is 136 Å². The standard InChI is InChI=1S/C27H31F2N5O3S/c1-14-8-15(10-17(30)9-14)18-2-5-32-13-21(18)33-25(35)23-24(31)38-26(34-23)22-19(28)11-16(12-20(22)29)27(36)3-6-37-7-4-27/h2,5,11-15,17,36H,3-4,6-10,30-31H2,1H3,(H,33,35)/t14-,15+,17-/m0/s1. The molecule has 2 aliphatic rings. The zero-order valence-corrected chi connectivity index (χ0v) is 21.9. The Hall–Kier alpha value is -2.99. The molecule has 0 radical (unpaired) electrons. The number of nitrogens with one attached hydrogen (secondary N) is 1. The molecule has 3 heterocycles. The third-order valence-corrected chi connectivity index (χ3v) is 8.41. The average Bonchev–Trinajstić information content (AvgIpc) is 3.25. The summed E-state index contributed by atoms with van der Waals surface area (Å²) >= 11 is 0.819. The van der Waals surface area contributed by atoms with E-state index in [0.717, 1.165) is 48.3 Å². The minimum absolute atomic E-state index is 0.0298. The number of hydrogen-bond donors (Lipinski definition) is 4. The number of nitrogens with two attached hydrogens (primary N) is 2. The Bertz CT molecular complexity index is 1310. The van der Waals surface area contributed by atoms with Crippen LogP contribution < -0.4 is 16.8 Å². The van der Waals surface area contributed by atoms with Gasteiger partial charge in [-0.2, -0.15) is 0 Å². The highest BCUT2D eigenvalue weighted by molar-refractivity contribution is 7.19. The fourth-order valence-electron chi connectivity index (χ4n) is 5.60. The quantitative estimate of drug-likeness (QED) is 0.371. The summed E-state index contributed by atoms with van der Waals surface area (Å²) in [7, 11) is 0. The molecule has 0 spiro atoms. The number of halogens is 2. The highest BCUT2D eigenvalue weighted by atomic mass is 32.1. The lowest BCUT2D eigenvalue weighted by atomic mass is 9.76. The summed E-state index contributed by atoms with van der Waals surface area (Å²) in [5.41, 5.74) is 12.0. The van der Waals surface area contributed by atoms with Crippen molar-refractivity contribution in [2.45, 2.75) is 56.6 Å². The number of carbonyl (C=O) groups excluding carboxylic acids is 1. The molecule has 11 heteroatoms. The maximum Gasteiger partial charge on any atom is 0.277 e. The second-order valence-electron chi connectivity index (χ2n) is 10.4. The van der Waals surface area contributed by atoms with Crippen molar-refractivity contribution in [3.05, 3.63) is 59.0 Å². The van der Waals surface area contributed by atoms with Crippen LogP contribution in [0.4, 0.5) is 19.5 Å². The van der Waals surface area contributed by atoms with Gasteiger partial charge in [-0.1, -0.05) is 18.3 Å². The van der Waals surface area contributed by atoms with Crippen LogP contribution in [0.2, 0.25) is 0 Å². The largest absolute Gasteiger partial charge is 0.389 e. The number of nitrogen functional groups attached to an aromatic ring is 1. The molecule has 38 heavy (non-hydrogen) atoms. The van der Waals surface area contributed by atoms with E-state index in [1.165, 1.54) is 0 Å². The first kappa shape index (κ1) is 26.6. The molecule has 0 unspecified atom stereocenters. The Kier molecular flexibility index (Phi) is 7.45. The number of aliphatic hydroxyl groups is 1. The van der Waals surface area contributed by atoms with Crippen LogP contribution in [0.25, 0.3) is 10.6 Å². The lowest BCUT2D eigenvalue weighted by molar-refractivity contribution is -0.0682. The molecule has 202 valence electrons. The van der Waals surface area contributed by atoms with E-state index >= 15 is 8.78 Å². The monoisotopic (exact) mass is 543 g/mol. The van der Waals surface area contributed by atoms with Crippen LogP contribution in [0.5, 0.6) is 0 Å². The van der Waals surface area contributed by atoms with Crippen molar-refractivity contribution in [3.8, 4) is 10.6 Å². The third-order valence-electron chi connectivity index (χ3n) is 7.50. The van der Waals surface area contributed by atoms with Crippen molar-refractivity contribution in [3.63, 3.8) is 0 Å². The van der Waals surface area contributed by atoms with Gasteiger partial charge < -0.3 is 26.6 Å². The van der Waals surface area contributed by atoms with Crippen molar-refractivity contribution in [1.29, 1.82) is 0 Å². The number of aromatic nitrogens is 2. The molecule has 6 N–H and O–H groups in total. The highest BCUT2D eigenvalue weighted by Gasteiger charge is 2.34. The fraction of sp³-hybridized carbons (Fsp3) is 0.444. The molecule has 3 aromatic rings. The minimum Gasteiger partial charge on any atom is -0.389 e. The number of thiazole rings is 1. The maximum absolute atomic E-state index is 15.2. The minimum atomic E-state index is -1.37. The number of benzene rings is 1. The Morgan fingerprint density at radius 1 is 1.21 bits per heavy atom. The van der Waals surface area contributed by atoms with E-state index < -0.39 is 28.7 Å². The van der Waals surface area contributed by atoms with E-state index in [9.17, 15) is 9.90 Å². The number of amides is 1. The van der Waals surface area contributed by atoms with Crippen molar-refractivity contribution >= 4 is 27.9 Å². The summed E-state index contributed by atoms with van der Waals surface area (Å²) < 4.78 is 35.6. The van der Waals surface area contributed by atoms with E-state index in [4.69, 9.17) is 16.2 Å². The molecule has 1 saturated heterocycles. The first-order valence-corrected chi connectivity index (χ1v) is 13.5. The molecule has 8 nitrogen and oxygen atoms in total. The van der Waals surface area contributed by atoms with Gasteiger partial charge in [0.15, 0.2) is 5.69 Å². The summed E-state index contributed by atoms with van der Waals surface area (Å²) in [6, 6.07) is 4.18. The molecule has 1 aliphatic carbocycles. The molecule has 2 aromatic heterocycles. The second kappa shape index (κ2) is 10.6. The van der Waals surface area contributed by atoms with Crippen LogP contribution in [0, 0.1) is 17.6 Å². The summed E-state index contributed by atoms with van der Waals surface area (Å²) in [6.07, 6.45) is 6.43. The molecule has 1 aliphatic heterocycles. The lowest BCUT2D eigenvalue weighted by Gasteiger charge is -2.32. The maximum atomic E-state index is 15.2. The van der Waals surface area contributed by atoms with Crippen LogP contribution >= 0.6 is 11.3 Å². The van der Waals surface area contributed by atoms with E-state index in [2.05, 4.69) is 22.2 Å². The van der Waals surface area contributed by atoms with Crippen molar-refractivity contribution in [2.24, 2.45) is 11.7 Å². The van der Waals surface area contributed by atoms with Crippen molar-refractivity contribution < 1.29 is 23.4 Å². The Balaban J connectivity index is 1.40. The molecule has 5 rings (SSSR count). The van der Waals surface area contributed by atoms with Crippen LogP contribution in [0.15, 0.2) is 30.6 Å².